The lowest BCUT2D eigenvalue weighted by Gasteiger charge is -2.06. The van der Waals surface area contributed by atoms with E-state index in [0.29, 0.717) is 5.56 Å². The number of hydrogen-bond donors (Lipinski definition) is 0. The second-order valence-corrected chi connectivity index (χ2v) is 2.95. The molecule has 0 atom stereocenters. The van der Waals surface area contributed by atoms with Gasteiger partial charge in [-0.3, -0.25) is 10.1 Å². The van der Waals surface area contributed by atoms with E-state index in [9.17, 15) is 20.0 Å². The van der Waals surface area contributed by atoms with Gasteiger partial charge >= 0.3 is 0 Å². The fraction of sp³-hybridized carbons (Fsp3) is 0.100. The molecule has 1 aromatic carbocycles. The minimum absolute atomic E-state index is 0.0838. The zero-order valence-corrected chi connectivity index (χ0v) is 7.80. The average Bonchev–Trinajstić information content (AvgIpc) is 2.18. The molecule has 15 heavy (non-hydrogen) atoms. The molecule has 0 spiro atoms. The highest BCUT2D eigenvalue weighted by molar-refractivity contribution is 5.84. The molecule has 78 valence electrons. The summed E-state index contributed by atoms with van der Waals surface area (Å²) in [5, 5.41) is 21.0. The topological polar surface area (TPSA) is 83.3 Å². The Morgan fingerprint density at radius 1 is 1.40 bits per heavy atom. The average molecular weight is 206 g/mol. The second-order valence-electron chi connectivity index (χ2n) is 2.95. The van der Waals surface area contributed by atoms with Crippen molar-refractivity contribution in [3.63, 3.8) is 0 Å². The van der Waals surface area contributed by atoms with Crippen LogP contribution in [0, 0.1) is 10.1 Å². The summed E-state index contributed by atoms with van der Waals surface area (Å²) in [6, 6.07) is 5.93. The van der Waals surface area contributed by atoms with Gasteiger partial charge in [-0.15, -0.1) is 0 Å². The normalized spacial score (nSPS) is 9.60. The third-order valence-electron chi connectivity index (χ3n) is 1.88. The van der Waals surface area contributed by atoms with E-state index in [1.807, 2.05) is 0 Å². The Bertz CT molecular complexity index is 425. The number of carbonyl (C=O) groups excluding carboxylic acids is 1. The summed E-state index contributed by atoms with van der Waals surface area (Å²) >= 11 is 0. The van der Waals surface area contributed by atoms with Crippen LogP contribution in [-0.4, -0.2) is 10.9 Å². The van der Waals surface area contributed by atoms with Crippen LogP contribution in [0.25, 0.3) is 0 Å². The summed E-state index contributed by atoms with van der Waals surface area (Å²) in [6.07, 6.45) is -0.0838. The van der Waals surface area contributed by atoms with Crippen molar-refractivity contribution in [2.75, 3.05) is 0 Å². The van der Waals surface area contributed by atoms with Crippen molar-refractivity contribution in [1.29, 1.82) is 0 Å². The van der Waals surface area contributed by atoms with Crippen LogP contribution in [-0.2, 0) is 11.2 Å². The van der Waals surface area contributed by atoms with E-state index >= 15 is 0 Å². The van der Waals surface area contributed by atoms with Crippen LogP contribution in [0.5, 0.6) is 0 Å². The van der Waals surface area contributed by atoms with Crippen molar-refractivity contribution in [3.05, 3.63) is 52.1 Å². The highest BCUT2D eigenvalue weighted by Crippen LogP contribution is 2.19. The van der Waals surface area contributed by atoms with Crippen molar-refractivity contribution in [1.82, 2.24) is 0 Å². The molecule has 0 aliphatic rings. The zero-order valence-electron chi connectivity index (χ0n) is 7.80. The van der Waals surface area contributed by atoms with Crippen molar-refractivity contribution in [2.45, 2.75) is 6.42 Å². The molecule has 0 unspecified atom stereocenters. The smallest absolute Gasteiger partial charge is 0.272 e. The number of rotatable bonds is 4. The molecule has 0 radical (unpaired) electrons. The van der Waals surface area contributed by atoms with Gasteiger partial charge in [0.05, 0.1) is 10.9 Å². The summed E-state index contributed by atoms with van der Waals surface area (Å²) in [7, 11) is 0. The molecule has 1 aromatic rings. The highest BCUT2D eigenvalue weighted by atomic mass is 16.6. The van der Waals surface area contributed by atoms with Gasteiger partial charge in [0, 0.05) is 18.1 Å². The lowest BCUT2D eigenvalue weighted by molar-refractivity contribution is -0.385. The summed E-state index contributed by atoms with van der Waals surface area (Å²) in [4.78, 5) is 20.4. The highest BCUT2D eigenvalue weighted by Gasteiger charge is 2.12. The third-order valence-corrected chi connectivity index (χ3v) is 1.88. The zero-order chi connectivity index (χ0) is 11.4. The van der Waals surface area contributed by atoms with Crippen LogP contribution in [0.4, 0.5) is 5.69 Å². The Balaban J connectivity index is 2.99. The van der Waals surface area contributed by atoms with E-state index < -0.39 is 10.9 Å². The Hall–Kier alpha value is -2.17. The molecule has 5 nitrogen and oxygen atoms in total. The molecule has 0 saturated carbocycles. The van der Waals surface area contributed by atoms with Crippen LogP contribution in [0.3, 0.4) is 0 Å². The Kier molecular flexibility index (Phi) is 3.17. The SMILES string of the molecule is C=C(Cc1ccccc1[N+](=O)[O-])C(=O)[O-]. The van der Waals surface area contributed by atoms with E-state index in [1.54, 1.807) is 6.07 Å². The summed E-state index contributed by atoms with van der Waals surface area (Å²) in [5.41, 5.74) is 0.0286. The minimum atomic E-state index is -1.40. The number of benzene rings is 1. The monoisotopic (exact) mass is 206 g/mol. The Labute approximate surface area is 85.8 Å². The van der Waals surface area contributed by atoms with Crippen LogP contribution in [0.1, 0.15) is 5.56 Å². The lowest BCUT2D eigenvalue weighted by Crippen LogP contribution is -2.24. The van der Waals surface area contributed by atoms with Gasteiger partial charge in [0.1, 0.15) is 0 Å². The van der Waals surface area contributed by atoms with Crippen molar-refractivity contribution >= 4 is 11.7 Å². The molecule has 0 aromatic heterocycles. The number of para-hydroxylation sites is 1. The van der Waals surface area contributed by atoms with E-state index in [-0.39, 0.29) is 17.7 Å². The van der Waals surface area contributed by atoms with Crippen molar-refractivity contribution < 1.29 is 14.8 Å². The maximum absolute atomic E-state index is 10.6. The standard InChI is InChI=1S/C10H9NO4/c1-7(10(12)13)6-8-4-2-3-5-9(8)11(14)15/h2-5H,1,6H2,(H,12,13)/p-1. The molecule has 0 fully saturated rings. The van der Waals surface area contributed by atoms with Gasteiger partial charge in [0.2, 0.25) is 0 Å². The van der Waals surface area contributed by atoms with Gasteiger partial charge in [0.15, 0.2) is 0 Å². The molecule has 0 N–H and O–H groups in total. The van der Waals surface area contributed by atoms with Crippen LogP contribution >= 0.6 is 0 Å². The molecule has 5 heteroatoms. The van der Waals surface area contributed by atoms with Gasteiger partial charge in [-0.25, -0.2) is 0 Å². The third kappa shape index (κ3) is 2.63. The van der Waals surface area contributed by atoms with Gasteiger partial charge in [0.25, 0.3) is 5.69 Å². The molecule has 0 aliphatic carbocycles. The fourth-order valence-electron chi connectivity index (χ4n) is 1.14. The minimum Gasteiger partial charge on any atom is -0.545 e. The second kappa shape index (κ2) is 4.36. The number of aliphatic carboxylic acids is 1. The van der Waals surface area contributed by atoms with E-state index in [4.69, 9.17) is 0 Å². The summed E-state index contributed by atoms with van der Waals surface area (Å²) in [6.45, 7) is 3.27. The van der Waals surface area contributed by atoms with Gasteiger partial charge in [-0.1, -0.05) is 24.8 Å². The first-order valence-corrected chi connectivity index (χ1v) is 4.14. The molecule has 1 rings (SSSR count). The number of nitrogens with zero attached hydrogens (tertiary/aromatic N) is 1. The number of carboxylic acid groups (broad SMARTS) is 1. The number of nitro benzene ring substituents is 1. The molecule has 0 saturated heterocycles. The predicted octanol–water partition coefficient (Wildman–Crippen LogP) is 0.443. The van der Waals surface area contributed by atoms with Crippen molar-refractivity contribution in [2.24, 2.45) is 0 Å². The quantitative estimate of drug-likeness (QED) is 0.406. The lowest BCUT2D eigenvalue weighted by atomic mass is 10.0. The van der Waals surface area contributed by atoms with Crippen LogP contribution in [0.15, 0.2) is 36.4 Å². The van der Waals surface area contributed by atoms with Crippen LogP contribution < -0.4 is 5.11 Å². The summed E-state index contributed by atoms with van der Waals surface area (Å²) < 4.78 is 0. The van der Waals surface area contributed by atoms with Crippen LogP contribution in [0.2, 0.25) is 0 Å². The Morgan fingerprint density at radius 2 is 2.00 bits per heavy atom. The largest absolute Gasteiger partial charge is 0.545 e. The van der Waals surface area contributed by atoms with Gasteiger partial charge in [-0.2, -0.15) is 0 Å². The van der Waals surface area contributed by atoms with E-state index in [1.165, 1.54) is 18.2 Å². The van der Waals surface area contributed by atoms with Gasteiger partial charge < -0.3 is 9.90 Å². The maximum atomic E-state index is 10.6. The number of carbonyl (C=O) groups is 1. The predicted molar refractivity (Wildman–Crippen MR) is 50.9 cm³/mol. The summed E-state index contributed by atoms with van der Waals surface area (Å²) in [5.74, 6) is -1.40. The molecular formula is C10H8NO4-. The van der Waals surface area contributed by atoms with E-state index in [2.05, 4.69) is 6.58 Å². The molecule has 0 heterocycles. The Morgan fingerprint density at radius 3 is 2.53 bits per heavy atom. The maximum Gasteiger partial charge on any atom is 0.272 e. The van der Waals surface area contributed by atoms with Crippen molar-refractivity contribution in [3.8, 4) is 0 Å². The number of carboxylic acids is 1. The number of hydrogen-bond acceptors (Lipinski definition) is 4. The van der Waals surface area contributed by atoms with Gasteiger partial charge in [-0.05, 0) is 5.57 Å². The first-order chi connectivity index (χ1) is 7.02. The number of nitro groups is 1. The molecule has 0 amide bonds. The fourth-order valence-corrected chi connectivity index (χ4v) is 1.14. The molecule has 0 aliphatic heterocycles. The molecule has 0 bridgehead atoms. The first-order valence-electron chi connectivity index (χ1n) is 4.14. The van der Waals surface area contributed by atoms with E-state index in [0.717, 1.165) is 0 Å². The first kappa shape index (κ1) is 10.9. The molecular weight excluding hydrogens is 198 g/mol.